The molecular weight excluding hydrogens is 354 g/mol. The largest absolute Gasteiger partial charge is 0.459 e. The van der Waals surface area contributed by atoms with Crippen LogP contribution in [-0.2, 0) is 10.0 Å². The number of nitrogens with one attached hydrogen (secondary N) is 1. The number of hydrogen-bond acceptors (Lipinski definition) is 4. The molecule has 0 radical (unpaired) electrons. The van der Waals surface area contributed by atoms with Crippen molar-refractivity contribution in [2.24, 2.45) is 0 Å². The van der Waals surface area contributed by atoms with Crippen LogP contribution in [0.25, 0.3) is 11.0 Å². The molecule has 1 aliphatic rings. The van der Waals surface area contributed by atoms with Gasteiger partial charge < -0.3 is 14.6 Å². The van der Waals surface area contributed by atoms with Gasteiger partial charge in [-0.05, 0) is 31.9 Å². The Morgan fingerprint density at radius 2 is 1.96 bits per heavy atom. The van der Waals surface area contributed by atoms with Gasteiger partial charge in [0.1, 0.15) is 11.3 Å². The second kappa shape index (κ2) is 7.28. The van der Waals surface area contributed by atoms with E-state index in [1.807, 2.05) is 37.3 Å². The van der Waals surface area contributed by atoms with Gasteiger partial charge in [0.25, 0.3) is 0 Å². The van der Waals surface area contributed by atoms with Crippen molar-refractivity contribution in [2.45, 2.75) is 31.8 Å². The molecule has 0 aliphatic carbocycles. The Morgan fingerprint density at radius 1 is 1.31 bits per heavy atom. The monoisotopic (exact) mass is 379 g/mol. The van der Waals surface area contributed by atoms with Crippen molar-refractivity contribution in [2.75, 3.05) is 26.4 Å². The van der Waals surface area contributed by atoms with Crippen LogP contribution in [0, 0.1) is 0 Å². The molecule has 1 fully saturated rings. The SMILES string of the molecule is CC(c1cc2ccccc2o1)N(C)C(=O)NC1CCN(S(C)(=O)=O)CC1. The number of sulfonamides is 1. The summed E-state index contributed by atoms with van der Waals surface area (Å²) in [6, 6.07) is 9.28. The normalized spacial score (nSPS) is 18.0. The Kier molecular flexibility index (Phi) is 5.24. The lowest BCUT2D eigenvalue weighted by atomic mass is 10.1. The number of para-hydroxylation sites is 1. The molecule has 2 heterocycles. The molecule has 1 atom stereocenters. The zero-order valence-corrected chi connectivity index (χ0v) is 16.1. The van der Waals surface area contributed by atoms with Crippen LogP contribution in [0.5, 0.6) is 0 Å². The fourth-order valence-corrected chi connectivity index (χ4v) is 4.06. The third-order valence-corrected chi connectivity index (χ3v) is 6.31. The molecule has 2 aromatic rings. The van der Waals surface area contributed by atoms with E-state index in [-0.39, 0.29) is 18.1 Å². The Labute approximate surface area is 154 Å². The molecule has 7 nitrogen and oxygen atoms in total. The minimum atomic E-state index is -3.16. The molecule has 2 amide bonds. The number of rotatable bonds is 4. The molecule has 1 N–H and O–H groups in total. The maximum absolute atomic E-state index is 12.6. The summed E-state index contributed by atoms with van der Waals surface area (Å²) in [6.45, 7) is 2.79. The third-order valence-electron chi connectivity index (χ3n) is 5.01. The lowest BCUT2D eigenvalue weighted by molar-refractivity contribution is 0.178. The van der Waals surface area contributed by atoms with E-state index in [9.17, 15) is 13.2 Å². The van der Waals surface area contributed by atoms with Gasteiger partial charge in [-0.15, -0.1) is 0 Å². The van der Waals surface area contributed by atoms with Crippen molar-refractivity contribution in [1.82, 2.24) is 14.5 Å². The molecule has 0 bridgehead atoms. The van der Waals surface area contributed by atoms with Crippen molar-refractivity contribution >= 4 is 27.0 Å². The highest BCUT2D eigenvalue weighted by atomic mass is 32.2. The van der Waals surface area contributed by atoms with Crippen molar-refractivity contribution in [3.8, 4) is 0 Å². The molecule has 1 saturated heterocycles. The Bertz CT molecular complexity index is 852. The minimum Gasteiger partial charge on any atom is -0.459 e. The van der Waals surface area contributed by atoms with Gasteiger partial charge in [-0.1, -0.05) is 18.2 Å². The number of hydrogen-bond donors (Lipinski definition) is 1. The summed E-state index contributed by atoms with van der Waals surface area (Å²) in [6.07, 6.45) is 2.45. The van der Waals surface area contributed by atoms with Crippen molar-refractivity contribution in [1.29, 1.82) is 0 Å². The number of carbonyl (C=O) groups excluding carboxylic acids is 1. The first-order valence-corrected chi connectivity index (χ1v) is 10.6. The van der Waals surface area contributed by atoms with Crippen molar-refractivity contribution in [3.63, 3.8) is 0 Å². The van der Waals surface area contributed by atoms with Gasteiger partial charge in [0.05, 0.1) is 12.3 Å². The predicted molar refractivity (Wildman–Crippen MR) is 100 cm³/mol. The zero-order valence-electron chi connectivity index (χ0n) is 15.3. The van der Waals surface area contributed by atoms with E-state index in [0.29, 0.717) is 25.9 Å². The standard InChI is InChI=1S/C18H25N3O4S/c1-13(17-12-14-6-4-5-7-16(14)25-17)20(2)18(22)19-15-8-10-21(11-9-15)26(3,23)24/h4-7,12-13,15H,8-11H2,1-3H3,(H,19,22). The molecular formula is C18H25N3O4S. The van der Waals surface area contributed by atoms with Crippen LogP contribution in [0.4, 0.5) is 4.79 Å². The topological polar surface area (TPSA) is 82.9 Å². The van der Waals surface area contributed by atoms with Crippen LogP contribution >= 0.6 is 0 Å². The third kappa shape index (κ3) is 4.02. The number of furan rings is 1. The van der Waals surface area contributed by atoms with Gasteiger partial charge in [-0.3, -0.25) is 0 Å². The number of piperidine rings is 1. The molecule has 1 aliphatic heterocycles. The molecule has 0 spiro atoms. The maximum atomic E-state index is 12.6. The first-order valence-electron chi connectivity index (χ1n) is 8.72. The summed E-state index contributed by atoms with van der Waals surface area (Å²) in [4.78, 5) is 14.2. The number of fused-ring (bicyclic) bond motifs is 1. The number of nitrogens with zero attached hydrogens (tertiary/aromatic N) is 2. The molecule has 3 rings (SSSR count). The minimum absolute atomic E-state index is 0.0224. The van der Waals surface area contributed by atoms with Gasteiger partial charge in [-0.2, -0.15) is 0 Å². The van der Waals surface area contributed by atoms with E-state index < -0.39 is 10.0 Å². The fraction of sp³-hybridized carbons (Fsp3) is 0.500. The second-order valence-electron chi connectivity index (χ2n) is 6.86. The van der Waals surface area contributed by atoms with Crippen LogP contribution < -0.4 is 5.32 Å². The molecule has 0 saturated carbocycles. The lowest BCUT2D eigenvalue weighted by Crippen LogP contribution is -2.49. The van der Waals surface area contributed by atoms with Gasteiger partial charge in [0.15, 0.2) is 0 Å². The van der Waals surface area contributed by atoms with E-state index in [4.69, 9.17) is 4.42 Å². The second-order valence-corrected chi connectivity index (χ2v) is 8.84. The summed E-state index contributed by atoms with van der Waals surface area (Å²) in [7, 11) is -1.42. The Morgan fingerprint density at radius 3 is 2.58 bits per heavy atom. The van der Waals surface area contributed by atoms with Gasteiger partial charge in [0.2, 0.25) is 10.0 Å². The molecule has 142 valence electrons. The van der Waals surface area contributed by atoms with Crippen LogP contribution in [-0.4, -0.2) is 56.1 Å². The highest BCUT2D eigenvalue weighted by molar-refractivity contribution is 7.88. The molecule has 1 unspecified atom stereocenters. The number of benzene rings is 1. The van der Waals surface area contributed by atoms with E-state index in [1.165, 1.54) is 10.6 Å². The molecule has 8 heteroatoms. The van der Waals surface area contributed by atoms with E-state index >= 15 is 0 Å². The van der Waals surface area contributed by atoms with E-state index in [1.54, 1.807) is 11.9 Å². The molecule has 1 aromatic carbocycles. The number of urea groups is 1. The van der Waals surface area contributed by atoms with Crippen LogP contribution in [0.1, 0.15) is 31.6 Å². The summed E-state index contributed by atoms with van der Waals surface area (Å²) in [5.41, 5.74) is 0.802. The highest BCUT2D eigenvalue weighted by Gasteiger charge is 2.28. The average Bonchev–Trinajstić information content (AvgIpc) is 3.04. The Hall–Kier alpha value is -2.06. The summed E-state index contributed by atoms with van der Waals surface area (Å²) in [5.74, 6) is 0.732. The summed E-state index contributed by atoms with van der Waals surface area (Å²) in [5, 5.41) is 4.01. The number of carbonyl (C=O) groups is 1. The first kappa shape index (κ1) is 18.7. The first-order chi connectivity index (χ1) is 12.3. The molecule has 1 aromatic heterocycles. The Balaban J connectivity index is 1.59. The fourth-order valence-electron chi connectivity index (χ4n) is 3.18. The zero-order chi connectivity index (χ0) is 18.9. The number of amides is 2. The molecule has 26 heavy (non-hydrogen) atoms. The van der Waals surface area contributed by atoms with Crippen LogP contribution in [0.2, 0.25) is 0 Å². The van der Waals surface area contributed by atoms with Crippen LogP contribution in [0.3, 0.4) is 0 Å². The maximum Gasteiger partial charge on any atom is 0.317 e. The van der Waals surface area contributed by atoms with E-state index in [2.05, 4.69) is 5.32 Å². The van der Waals surface area contributed by atoms with Gasteiger partial charge in [0, 0.05) is 31.6 Å². The smallest absolute Gasteiger partial charge is 0.317 e. The van der Waals surface area contributed by atoms with Gasteiger partial charge >= 0.3 is 6.03 Å². The van der Waals surface area contributed by atoms with Crippen molar-refractivity contribution < 1.29 is 17.6 Å². The van der Waals surface area contributed by atoms with Crippen molar-refractivity contribution in [3.05, 3.63) is 36.1 Å². The van der Waals surface area contributed by atoms with E-state index in [0.717, 1.165) is 16.7 Å². The van der Waals surface area contributed by atoms with Gasteiger partial charge in [-0.25, -0.2) is 17.5 Å². The quantitative estimate of drug-likeness (QED) is 0.885. The highest BCUT2D eigenvalue weighted by Crippen LogP contribution is 2.26. The summed E-state index contributed by atoms with van der Waals surface area (Å²) >= 11 is 0. The average molecular weight is 379 g/mol. The van der Waals surface area contributed by atoms with Crippen LogP contribution in [0.15, 0.2) is 34.7 Å². The summed E-state index contributed by atoms with van der Waals surface area (Å²) < 4.78 is 30.4. The lowest BCUT2D eigenvalue weighted by Gasteiger charge is -2.32. The predicted octanol–water partition coefficient (Wildman–Crippen LogP) is 2.56.